The average molecular weight is 411 g/mol. The second-order valence-corrected chi connectivity index (χ2v) is 7.44. The highest BCUT2D eigenvalue weighted by Crippen LogP contribution is 2.31. The number of hydrogen-bond acceptors (Lipinski definition) is 6. The molecule has 0 spiro atoms. The average Bonchev–Trinajstić information content (AvgIpc) is 2.75. The summed E-state index contributed by atoms with van der Waals surface area (Å²) in [5.74, 6) is 1.27. The number of benzene rings is 1. The minimum atomic E-state index is 0.00155. The summed E-state index contributed by atoms with van der Waals surface area (Å²) < 4.78 is 10.7. The van der Waals surface area contributed by atoms with Crippen LogP contribution in [0.25, 0.3) is 6.08 Å². The van der Waals surface area contributed by atoms with Crippen molar-refractivity contribution in [2.24, 2.45) is 0 Å². The summed E-state index contributed by atoms with van der Waals surface area (Å²) in [6.45, 7) is 9.76. The summed E-state index contributed by atoms with van der Waals surface area (Å²) in [6.07, 6.45) is 3.38. The second-order valence-electron chi connectivity index (χ2n) is 7.44. The molecule has 0 aliphatic carbocycles. The lowest BCUT2D eigenvalue weighted by molar-refractivity contribution is -0.127. The Hall–Kier alpha value is -2.93. The van der Waals surface area contributed by atoms with E-state index < -0.39 is 0 Å². The van der Waals surface area contributed by atoms with Gasteiger partial charge in [0.25, 0.3) is 0 Å². The van der Waals surface area contributed by atoms with Crippen molar-refractivity contribution in [2.45, 2.75) is 27.3 Å². The molecule has 30 heavy (non-hydrogen) atoms. The van der Waals surface area contributed by atoms with Crippen LogP contribution in [0.2, 0.25) is 0 Å². The van der Waals surface area contributed by atoms with Gasteiger partial charge in [0.15, 0.2) is 11.5 Å². The molecule has 0 unspecified atom stereocenters. The fourth-order valence-electron chi connectivity index (χ4n) is 3.56. The predicted molar refractivity (Wildman–Crippen MR) is 117 cm³/mol. The molecule has 1 aromatic carbocycles. The van der Waals surface area contributed by atoms with E-state index in [0.29, 0.717) is 24.6 Å². The summed E-state index contributed by atoms with van der Waals surface area (Å²) >= 11 is 0. The number of aryl methyl sites for hydroxylation is 3. The number of amides is 1. The summed E-state index contributed by atoms with van der Waals surface area (Å²) in [4.78, 5) is 26.1. The van der Waals surface area contributed by atoms with Crippen LogP contribution in [0.1, 0.15) is 28.3 Å². The molecule has 7 nitrogen and oxygen atoms in total. The van der Waals surface area contributed by atoms with Crippen LogP contribution in [0, 0.1) is 20.8 Å². The minimum absolute atomic E-state index is 0.00155. The summed E-state index contributed by atoms with van der Waals surface area (Å²) in [5, 5.41) is 0. The first kappa shape index (κ1) is 21.8. The van der Waals surface area contributed by atoms with Crippen LogP contribution >= 0.6 is 0 Å². The van der Waals surface area contributed by atoms with Crippen LogP contribution in [0.5, 0.6) is 11.5 Å². The number of carbonyl (C=O) groups is 1. The Morgan fingerprint density at radius 1 is 1.00 bits per heavy atom. The van der Waals surface area contributed by atoms with E-state index in [1.807, 2.05) is 43.9 Å². The Labute approximate surface area is 178 Å². The normalized spacial score (nSPS) is 14.9. The highest BCUT2D eigenvalue weighted by atomic mass is 16.5. The fraction of sp³-hybridized carbons (Fsp3) is 0.435. The predicted octanol–water partition coefficient (Wildman–Crippen LogP) is 2.78. The molecule has 1 aliphatic heterocycles. The van der Waals surface area contributed by atoms with Crippen LogP contribution in [0.3, 0.4) is 0 Å². The Kier molecular flexibility index (Phi) is 7.05. The van der Waals surface area contributed by atoms with Gasteiger partial charge in [0.05, 0.1) is 37.0 Å². The van der Waals surface area contributed by atoms with E-state index in [1.54, 1.807) is 26.4 Å². The summed E-state index contributed by atoms with van der Waals surface area (Å²) in [6, 6.07) is 5.61. The van der Waals surface area contributed by atoms with E-state index in [0.717, 1.165) is 48.0 Å². The van der Waals surface area contributed by atoms with Gasteiger partial charge in [-0.2, -0.15) is 0 Å². The smallest absolute Gasteiger partial charge is 0.246 e. The number of para-hydroxylation sites is 1. The molecule has 1 saturated heterocycles. The lowest BCUT2D eigenvalue weighted by Crippen LogP contribution is -2.48. The van der Waals surface area contributed by atoms with E-state index in [9.17, 15) is 4.79 Å². The maximum Gasteiger partial charge on any atom is 0.246 e. The van der Waals surface area contributed by atoms with Crippen LogP contribution in [0.15, 0.2) is 24.3 Å². The standard InChI is InChI=1S/C23H30N4O3/c1-16-17(2)25-20(18(3)24-16)15-26-11-13-27(14-12-26)22(28)10-9-19-7-6-8-21(29-4)23(19)30-5/h6-10H,11-15H2,1-5H3/b10-9+. The maximum absolute atomic E-state index is 12.7. The summed E-state index contributed by atoms with van der Waals surface area (Å²) in [5.41, 5.74) is 4.76. The Bertz CT molecular complexity index is 934. The van der Waals surface area contributed by atoms with Gasteiger partial charge in [-0.3, -0.25) is 19.7 Å². The van der Waals surface area contributed by atoms with Gasteiger partial charge in [-0.15, -0.1) is 0 Å². The Morgan fingerprint density at radius 2 is 1.70 bits per heavy atom. The number of hydrogen-bond donors (Lipinski definition) is 0. The molecular weight excluding hydrogens is 380 g/mol. The Balaban J connectivity index is 1.58. The van der Waals surface area contributed by atoms with Gasteiger partial charge >= 0.3 is 0 Å². The van der Waals surface area contributed by atoms with E-state index in [1.165, 1.54) is 0 Å². The van der Waals surface area contributed by atoms with Crippen molar-refractivity contribution in [1.82, 2.24) is 19.8 Å². The van der Waals surface area contributed by atoms with Gasteiger partial charge in [0.1, 0.15) is 0 Å². The van der Waals surface area contributed by atoms with E-state index >= 15 is 0 Å². The molecule has 7 heteroatoms. The molecule has 0 saturated carbocycles. The molecule has 2 heterocycles. The van der Waals surface area contributed by atoms with Crippen LogP contribution in [-0.2, 0) is 11.3 Å². The number of rotatable bonds is 6. The van der Waals surface area contributed by atoms with Crippen LogP contribution < -0.4 is 9.47 Å². The van der Waals surface area contributed by atoms with E-state index in [2.05, 4.69) is 9.88 Å². The zero-order chi connectivity index (χ0) is 21.7. The molecular formula is C23H30N4O3. The minimum Gasteiger partial charge on any atom is -0.493 e. The number of nitrogens with zero attached hydrogens (tertiary/aromatic N) is 4. The lowest BCUT2D eigenvalue weighted by atomic mass is 10.1. The number of piperazine rings is 1. The van der Waals surface area contributed by atoms with Crippen molar-refractivity contribution in [2.75, 3.05) is 40.4 Å². The quantitative estimate of drug-likeness (QED) is 0.682. The third kappa shape index (κ3) is 4.97. The number of methoxy groups -OCH3 is 2. The van der Waals surface area contributed by atoms with Crippen molar-refractivity contribution in [1.29, 1.82) is 0 Å². The Morgan fingerprint density at radius 3 is 2.37 bits per heavy atom. The van der Waals surface area contributed by atoms with Crippen LogP contribution in [-0.4, -0.2) is 66.1 Å². The highest BCUT2D eigenvalue weighted by Gasteiger charge is 2.21. The first-order chi connectivity index (χ1) is 14.4. The zero-order valence-electron chi connectivity index (χ0n) is 18.4. The largest absolute Gasteiger partial charge is 0.493 e. The molecule has 160 valence electrons. The van der Waals surface area contributed by atoms with Gasteiger partial charge in [0.2, 0.25) is 5.91 Å². The molecule has 3 rings (SSSR count). The van der Waals surface area contributed by atoms with Crippen molar-refractivity contribution in [3.8, 4) is 11.5 Å². The third-order valence-corrected chi connectivity index (χ3v) is 5.48. The fourth-order valence-corrected chi connectivity index (χ4v) is 3.56. The third-order valence-electron chi connectivity index (χ3n) is 5.48. The van der Waals surface area contributed by atoms with Crippen LogP contribution in [0.4, 0.5) is 0 Å². The van der Waals surface area contributed by atoms with Crippen molar-refractivity contribution < 1.29 is 14.3 Å². The van der Waals surface area contributed by atoms with Crippen molar-refractivity contribution >= 4 is 12.0 Å². The molecule has 1 amide bonds. The van der Waals surface area contributed by atoms with Gasteiger partial charge in [-0.1, -0.05) is 12.1 Å². The number of aromatic nitrogens is 2. The van der Waals surface area contributed by atoms with Gasteiger partial charge in [0, 0.05) is 44.4 Å². The molecule has 1 aromatic heterocycles. The van der Waals surface area contributed by atoms with Crippen molar-refractivity contribution in [3.05, 3.63) is 52.6 Å². The van der Waals surface area contributed by atoms with Crippen molar-refractivity contribution in [3.63, 3.8) is 0 Å². The summed E-state index contributed by atoms with van der Waals surface area (Å²) in [7, 11) is 3.19. The first-order valence-electron chi connectivity index (χ1n) is 10.1. The highest BCUT2D eigenvalue weighted by molar-refractivity contribution is 5.92. The molecule has 0 N–H and O–H groups in total. The molecule has 2 aromatic rings. The number of carbonyl (C=O) groups excluding carboxylic acids is 1. The first-order valence-corrected chi connectivity index (χ1v) is 10.1. The monoisotopic (exact) mass is 410 g/mol. The molecule has 0 bridgehead atoms. The van der Waals surface area contributed by atoms with E-state index in [4.69, 9.17) is 14.5 Å². The SMILES string of the molecule is COc1cccc(/C=C/C(=O)N2CCN(Cc3nc(C)c(C)nc3C)CC2)c1OC. The zero-order valence-corrected chi connectivity index (χ0v) is 18.4. The lowest BCUT2D eigenvalue weighted by Gasteiger charge is -2.34. The van der Waals surface area contributed by atoms with Gasteiger partial charge < -0.3 is 14.4 Å². The van der Waals surface area contributed by atoms with E-state index in [-0.39, 0.29) is 5.91 Å². The maximum atomic E-state index is 12.7. The second kappa shape index (κ2) is 9.71. The topological polar surface area (TPSA) is 67.8 Å². The molecule has 1 aliphatic rings. The van der Waals surface area contributed by atoms with Gasteiger partial charge in [-0.05, 0) is 32.9 Å². The number of ether oxygens (including phenoxy) is 2. The van der Waals surface area contributed by atoms with Gasteiger partial charge in [-0.25, -0.2) is 0 Å². The molecule has 1 fully saturated rings. The molecule has 0 radical (unpaired) electrons. The molecule has 0 atom stereocenters.